The number of nitriles is 1. The lowest BCUT2D eigenvalue weighted by Gasteiger charge is -2.17. The highest BCUT2D eigenvalue weighted by Gasteiger charge is 2.14. The molecule has 0 heterocycles. The van der Waals surface area contributed by atoms with Crippen LogP contribution in [-0.4, -0.2) is 23.6 Å². The molecule has 0 N–H and O–H groups in total. The molecule has 0 unspecified atom stereocenters. The van der Waals surface area contributed by atoms with Crippen molar-refractivity contribution in [2.75, 3.05) is 7.05 Å². The quantitative estimate of drug-likeness (QED) is 0.755. The Labute approximate surface area is 144 Å². The highest BCUT2D eigenvalue weighted by Crippen LogP contribution is 2.13. The van der Waals surface area contributed by atoms with Crippen molar-refractivity contribution in [2.24, 2.45) is 0 Å². The molecule has 0 saturated heterocycles. The predicted octanol–water partition coefficient (Wildman–Crippen LogP) is 3.46. The molecule has 2 aromatic carbocycles. The summed E-state index contributed by atoms with van der Waals surface area (Å²) in [5.41, 5.74) is 1.44. The first-order chi connectivity index (χ1) is 11.9. The summed E-state index contributed by atoms with van der Waals surface area (Å²) < 4.78 is 26.0. The van der Waals surface area contributed by atoms with E-state index >= 15 is 0 Å². The zero-order valence-electron chi connectivity index (χ0n) is 13.6. The van der Waals surface area contributed by atoms with Crippen LogP contribution in [0.25, 0.3) is 0 Å². The van der Waals surface area contributed by atoms with Gasteiger partial charge in [0.2, 0.25) is 5.91 Å². The molecular formula is C19H16F2N2O2. The third-order valence-electron chi connectivity index (χ3n) is 3.74. The van der Waals surface area contributed by atoms with E-state index in [1.54, 1.807) is 31.3 Å². The minimum atomic E-state index is -1.09. The van der Waals surface area contributed by atoms with Gasteiger partial charge in [-0.05, 0) is 35.9 Å². The third kappa shape index (κ3) is 4.95. The van der Waals surface area contributed by atoms with Crippen LogP contribution < -0.4 is 0 Å². The van der Waals surface area contributed by atoms with Crippen molar-refractivity contribution in [1.82, 2.24) is 4.90 Å². The lowest BCUT2D eigenvalue weighted by molar-refractivity contribution is -0.130. The van der Waals surface area contributed by atoms with Gasteiger partial charge in [-0.2, -0.15) is 5.26 Å². The molecule has 0 aromatic heterocycles. The molecule has 0 aliphatic heterocycles. The standard InChI is InChI=1S/C19H16F2N2O2/c1-23(12-14-4-2-13(11-22)3-5-14)19(25)9-8-18(24)15-6-7-16(20)17(21)10-15/h2-7,10H,8-9,12H2,1H3. The summed E-state index contributed by atoms with van der Waals surface area (Å²) in [5.74, 6) is -2.76. The molecule has 1 amide bonds. The molecule has 0 aliphatic carbocycles. The van der Waals surface area contributed by atoms with E-state index in [1.165, 1.54) is 11.0 Å². The predicted molar refractivity (Wildman–Crippen MR) is 87.6 cm³/mol. The fourth-order valence-corrected chi connectivity index (χ4v) is 2.27. The van der Waals surface area contributed by atoms with Gasteiger partial charge in [0, 0.05) is 32.0 Å². The Morgan fingerprint density at radius 3 is 2.32 bits per heavy atom. The molecule has 0 radical (unpaired) electrons. The Morgan fingerprint density at radius 2 is 1.72 bits per heavy atom. The summed E-state index contributed by atoms with van der Waals surface area (Å²) in [6, 6.07) is 11.8. The second-order valence-electron chi connectivity index (χ2n) is 5.61. The summed E-state index contributed by atoms with van der Waals surface area (Å²) in [5, 5.41) is 8.76. The number of hydrogen-bond acceptors (Lipinski definition) is 3. The van der Waals surface area contributed by atoms with Crippen molar-refractivity contribution in [1.29, 1.82) is 5.26 Å². The van der Waals surface area contributed by atoms with Crippen LogP contribution in [0.15, 0.2) is 42.5 Å². The zero-order chi connectivity index (χ0) is 18.4. The fraction of sp³-hybridized carbons (Fsp3) is 0.211. The molecule has 0 fully saturated rings. The first-order valence-electron chi connectivity index (χ1n) is 7.62. The summed E-state index contributed by atoms with van der Waals surface area (Å²) in [6.07, 6.45) is -0.105. The number of amides is 1. The van der Waals surface area contributed by atoms with Gasteiger partial charge >= 0.3 is 0 Å². The van der Waals surface area contributed by atoms with Crippen molar-refractivity contribution in [2.45, 2.75) is 19.4 Å². The molecule has 2 aromatic rings. The van der Waals surface area contributed by atoms with Gasteiger partial charge in [-0.3, -0.25) is 9.59 Å². The van der Waals surface area contributed by atoms with Crippen LogP contribution >= 0.6 is 0 Å². The first-order valence-corrected chi connectivity index (χ1v) is 7.62. The van der Waals surface area contributed by atoms with E-state index in [0.717, 1.165) is 17.7 Å². The maximum absolute atomic E-state index is 13.1. The topological polar surface area (TPSA) is 61.2 Å². The number of hydrogen-bond donors (Lipinski definition) is 0. The van der Waals surface area contributed by atoms with Crippen molar-refractivity contribution in [3.05, 3.63) is 70.8 Å². The van der Waals surface area contributed by atoms with E-state index in [-0.39, 0.29) is 24.3 Å². The molecule has 2 rings (SSSR count). The van der Waals surface area contributed by atoms with Crippen molar-refractivity contribution < 1.29 is 18.4 Å². The third-order valence-corrected chi connectivity index (χ3v) is 3.74. The van der Waals surface area contributed by atoms with Crippen LogP contribution in [0, 0.1) is 23.0 Å². The number of Topliss-reactive ketones (excluding diaryl/α,β-unsaturated/α-hetero) is 1. The summed E-state index contributed by atoms with van der Waals surface area (Å²) in [6.45, 7) is 0.351. The van der Waals surface area contributed by atoms with Gasteiger partial charge in [0.05, 0.1) is 11.6 Å². The van der Waals surface area contributed by atoms with Crippen LogP contribution in [0.3, 0.4) is 0 Å². The lowest BCUT2D eigenvalue weighted by atomic mass is 10.1. The van der Waals surface area contributed by atoms with Gasteiger partial charge < -0.3 is 4.90 Å². The molecule has 0 spiro atoms. The maximum atomic E-state index is 13.1. The smallest absolute Gasteiger partial charge is 0.223 e. The largest absolute Gasteiger partial charge is 0.341 e. The average Bonchev–Trinajstić information content (AvgIpc) is 2.62. The van der Waals surface area contributed by atoms with Crippen LogP contribution in [0.2, 0.25) is 0 Å². The van der Waals surface area contributed by atoms with E-state index in [1.807, 2.05) is 6.07 Å². The van der Waals surface area contributed by atoms with Crippen LogP contribution in [0.4, 0.5) is 8.78 Å². The molecular weight excluding hydrogens is 326 g/mol. The summed E-state index contributed by atoms with van der Waals surface area (Å²) >= 11 is 0. The van der Waals surface area contributed by atoms with Gasteiger partial charge in [-0.1, -0.05) is 12.1 Å². The Kier molecular flexibility index (Phi) is 5.96. The Bertz CT molecular complexity index is 826. The van der Waals surface area contributed by atoms with E-state index < -0.39 is 17.4 Å². The number of carbonyl (C=O) groups excluding carboxylic acids is 2. The number of halogens is 2. The van der Waals surface area contributed by atoms with Crippen molar-refractivity contribution in [3.63, 3.8) is 0 Å². The fourth-order valence-electron chi connectivity index (χ4n) is 2.27. The second kappa shape index (κ2) is 8.15. The van der Waals surface area contributed by atoms with Gasteiger partial charge in [-0.15, -0.1) is 0 Å². The second-order valence-corrected chi connectivity index (χ2v) is 5.61. The van der Waals surface area contributed by atoms with Gasteiger partial charge in [-0.25, -0.2) is 8.78 Å². The molecule has 128 valence electrons. The summed E-state index contributed by atoms with van der Waals surface area (Å²) in [4.78, 5) is 25.6. The molecule has 0 atom stereocenters. The van der Waals surface area contributed by atoms with Gasteiger partial charge in [0.1, 0.15) is 0 Å². The SMILES string of the molecule is CN(Cc1ccc(C#N)cc1)C(=O)CCC(=O)c1ccc(F)c(F)c1. The van der Waals surface area contributed by atoms with Crippen LogP contribution in [0.5, 0.6) is 0 Å². The highest BCUT2D eigenvalue weighted by atomic mass is 19.2. The molecule has 0 saturated carbocycles. The number of ketones is 1. The van der Waals surface area contributed by atoms with Gasteiger partial charge in [0.25, 0.3) is 0 Å². The molecule has 6 heteroatoms. The number of carbonyl (C=O) groups is 2. The maximum Gasteiger partial charge on any atom is 0.223 e. The Morgan fingerprint density at radius 1 is 1.04 bits per heavy atom. The van der Waals surface area contributed by atoms with Crippen LogP contribution in [0.1, 0.15) is 34.3 Å². The van der Waals surface area contributed by atoms with Gasteiger partial charge in [0.15, 0.2) is 17.4 Å². The molecule has 25 heavy (non-hydrogen) atoms. The van der Waals surface area contributed by atoms with E-state index in [2.05, 4.69) is 0 Å². The summed E-state index contributed by atoms with van der Waals surface area (Å²) in [7, 11) is 1.61. The zero-order valence-corrected chi connectivity index (χ0v) is 13.6. The van der Waals surface area contributed by atoms with E-state index in [9.17, 15) is 18.4 Å². The minimum absolute atomic E-state index is 0.0232. The van der Waals surface area contributed by atoms with E-state index in [0.29, 0.717) is 12.1 Å². The number of rotatable bonds is 6. The molecule has 0 aliphatic rings. The lowest BCUT2D eigenvalue weighted by Crippen LogP contribution is -2.26. The van der Waals surface area contributed by atoms with Crippen molar-refractivity contribution >= 4 is 11.7 Å². The number of nitrogens with zero attached hydrogens (tertiary/aromatic N) is 2. The normalized spacial score (nSPS) is 10.2. The van der Waals surface area contributed by atoms with Crippen LogP contribution in [-0.2, 0) is 11.3 Å². The first kappa shape index (κ1) is 18.3. The molecule has 0 bridgehead atoms. The highest BCUT2D eigenvalue weighted by molar-refractivity contribution is 5.97. The Balaban J connectivity index is 1.88. The Hall–Kier alpha value is -3.07. The van der Waals surface area contributed by atoms with E-state index in [4.69, 9.17) is 5.26 Å². The minimum Gasteiger partial charge on any atom is -0.341 e. The number of benzene rings is 2. The monoisotopic (exact) mass is 342 g/mol. The average molecular weight is 342 g/mol. The molecule has 4 nitrogen and oxygen atoms in total. The van der Waals surface area contributed by atoms with Crippen molar-refractivity contribution in [3.8, 4) is 6.07 Å².